The molecule has 2 amide bonds. The van der Waals surface area contributed by atoms with Gasteiger partial charge in [0.2, 0.25) is 5.91 Å². The molecule has 0 saturated carbocycles. The molecule has 126 valence electrons. The summed E-state index contributed by atoms with van der Waals surface area (Å²) in [6.07, 6.45) is 1.31. The van der Waals surface area contributed by atoms with Crippen molar-refractivity contribution in [2.24, 2.45) is 11.7 Å². The molecule has 1 aliphatic rings. The van der Waals surface area contributed by atoms with E-state index in [1.807, 2.05) is 6.92 Å². The summed E-state index contributed by atoms with van der Waals surface area (Å²) in [4.78, 5) is 38.3. The van der Waals surface area contributed by atoms with Gasteiger partial charge in [0, 0.05) is 25.0 Å². The number of likely N-dealkylation sites (tertiary alicyclic amines) is 1. The van der Waals surface area contributed by atoms with E-state index in [4.69, 9.17) is 5.73 Å². The molecule has 24 heavy (non-hydrogen) atoms. The molecule has 7 heteroatoms. The van der Waals surface area contributed by atoms with Crippen LogP contribution in [-0.4, -0.2) is 39.6 Å². The first-order valence-corrected chi connectivity index (χ1v) is 8.11. The van der Waals surface area contributed by atoms with Crippen molar-refractivity contribution >= 4 is 22.6 Å². The monoisotopic (exact) mass is 328 g/mol. The van der Waals surface area contributed by atoms with E-state index in [1.54, 1.807) is 29.2 Å². The molecular formula is C17H20N4O3. The summed E-state index contributed by atoms with van der Waals surface area (Å²) >= 11 is 0. The number of aryl methyl sites for hydroxylation is 1. The third kappa shape index (κ3) is 2.77. The molecule has 1 aromatic carbocycles. The molecule has 1 saturated heterocycles. The van der Waals surface area contributed by atoms with Gasteiger partial charge in [-0.2, -0.15) is 5.10 Å². The number of carbonyl (C=O) groups is 2. The molecular weight excluding hydrogens is 308 g/mol. The Bertz CT molecular complexity index is 859. The Kier molecular flexibility index (Phi) is 4.33. The zero-order valence-electron chi connectivity index (χ0n) is 13.6. The number of benzene rings is 1. The summed E-state index contributed by atoms with van der Waals surface area (Å²) in [6.45, 7) is 3.17. The number of hydrogen-bond donors (Lipinski definition) is 1. The predicted octanol–water partition coefficient (Wildman–Crippen LogP) is 0.754. The molecule has 0 spiro atoms. The van der Waals surface area contributed by atoms with Crippen molar-refractivity contribution in [2.45, 2.75) is 26.3 Å². The Morgan fingerprint density at radius 2 is 2.00 bits per heavy atom. The van der Waals surface area contributed by atoms with E-state index in [9.17, 15) is 14.4 Å². The summed E-state index contributed by atoms with van der Waals surface area (Å²) < 4.78 is 1.34. The summed E-state index contributed by atoms with van der Waals surface area (Å²) in [7, 11) is 0. The maximum Gasteiger partial charge on any atom is 0.274 e. The highest BCUT2D eigenvalue weighted by atomic mass is 16.2. The van der Waals surface area contributed by atoms with Crippen LogP contribution >= 0.6 is 0 Å². The largest absolute Gasteiger partial charge is 0.369 e. The second-order valence-corrected chi connectivity index (χ2v) is 6.06. The third-order valence-electron chi connectivity index (χ3n) is 4.38. The molecule has 1 aliphatic heterocycles. The van der Waals surface area contributed by atoms with Gasteiger partial charge in [-0.25, -0.2) is 4.68 Å². The molecule has 3 rings (SSSR count). The highest BCUT2D eigenvalue weighted by Gasteiger charge is 2.32. The van der Waals surface area contributed by atoms with Crippen LogP contribution in [0.25, 0.3) is 10.8 Å². The molecule has 1 atom stereocenters. The van der Waals surface area contributed by atoms with Crippen LogP contribution in [0, 0.1) is 5.92 Å². The number of fused-ring (bicyclic) bond motifs is 1. The van der Waals surface area contributed by atoms with Gasteiger partial charge in [-0.05, 0) is 18.9 Å². The number of aromatic nitrogens is 2. The number of nitrogens with two attached hydrogens (primary N) is 1. The first kappa shape index (κ1) is 16.2. The molecule has 7 nitrogen and oxygen atoms in total. The molecule has 2 heterocycles. The van der Waals surface area contributed by atoms with E-state index in [0.717, 1.165) is 6.42 Å². The van der Waals surface area contributed by atoms with Gasteiger partial charge in [0.1, 0.15) is 0 Å². The van der Waals surface area contributed by atoms with E-state index in [2.05, 4.69) is 5.10 Å². The van der Waals surface area contributed by atoms with E-state index in [1.165, 1.54) is 4.68 Å². The Hall–Kier alpha value is -2.70. The smallest absolute Gasteiger partial charge is 0.274 e. The SMILES string of the molecule is CCCn1nc(C(=O)N2CC[C@H](C(N)=O)C2)c2ccccc2c1=O. The minimum absolute atomic E-state index is 0.194. The molecule has 1 aromatic heterocycles. The van der Waals surface area contributed by atoms with Crippen LogP contribution in [-0.2, 0) is 11.3 Å². The van der Waals surface area contributed by atoms with Crippen LogP contribution < -0.4 is 11.3 Å². The predicted molar refractivity (Wildman–Crippen MR) is 89.5 cm³/mol. The topological polar surface area (TPSA) is 98.3 Å². The van der Waals surface area contributed by atoms with E-state index < -0.39 is 0 Å². The fourth-order valence-corrected chi connectivity index (χ4v) is 3.08. The minimum Gasteiger partial charge on any atom is -0.369 e. The van der Waals surface area contributed by atoms with Crippen LogP contribution in [0.15, 0.2) is 29.1 Å². The van der Waals surface area contributed by atoms with Crippen molar-refractivity contribution < 1.29 is 9.59 Å². The number of carbonyl (C=O) groups excluding carboxylic acids is 2. The van der Waals surface area contributed by atoms with Crippen molar-refractivity contribution in [1.29, 1.82) is 0 Å². The zero-order valence-corrected chi connectivity index (χ0v) is 13.6. The lowest BCUT2D eigenvalue weighted by Crippen LogP contribution is -2.34. The fraction of sp³-hybridized carbons (Fsp3) is 0.412. The molecule has 1 fully saturated rings. The Morgan fingerprint density at radius 3 is 2.62 bits per heavy atom. The van der Waals surface area contributed by atoms with Crippen molar-refractivity contribution in [3.63, 3.8) is 0 Å². The van der Waals surface area contributed by atoms with Crippen molar-refractivity contribution in [3.8, 4) is 0 Å². The first-order valence-electron chi connectivity index (χ1n) is 8.11. The standard InChI is InChI=1S/C17H20N4O3/c1-2-8-21-16(23)13-6-4-3-5-12(13)14(19-21)17(24)20-9-7-11(10-20)15(18)22/h3-6,11H,2,7-10H2,1H3,(H2,18,22)/t11-/m0/s1. The Labute approximate surface area is 139 Å². The average molecular weight is 328 g/mol. The van der Waals surface area contributed by atoms with Gasteiger partial charge < -0.3 is 10.6 Å². The van der Waals surface area contributed by atoms with Gasteiger partial charge in [-0.3, -0.25) is 14.4 Å². The zero-order chi connectivity index (χ0) is 17.3. The highest BCUT2D eigenvalue weighted by molar-refractivity contribution is 6.05. The molecule has 0 aliphatic carbocycles. The lowest BCUT2D eigenvalue weighted by Gasteiger charge is -2.17. The summed E-state index contributed by atoms with van der Waals surface area (Å²) in [5.41, 5.74) is 5.39. The Morgan fingerprint density at radius 1 is 1.29 bits per heavy atom. The van der Waals surface area contributed by atoms with Crippen LogP contribution in [0.2, 0.25) is 0 Å². The summed E-state index contributed by atoms with van der Waals surface area (Å²) in [5, 5.41) is 5.33. The van der Waals surface area contributed by atoms with Gasteiger partial charge in [-0.15, -0.1) is 0 Å². The van der Waals surface area contributed by atoms with Crippen molar-refractivity contribution in [3.05, 3.63) is 40.3 Å². The number of rotatable bonds is 4. The van der Waals surface area contributed by atoms with Gasteiger partial charge in [0.05, 0.1) is 11.3 Å². The van der Waals surface area contributed by atoms with Crippen molar-refractivity contribution in [1.82, 2.24) is 14.7 Å². The average Bonchev–Trinajstić information content (AvgIpc) is 3.07. The number of primary amides is 1. The van der Waals surface area contributed by atoms with Crippen LogP contribution in [0.3, 0.4) is 0 Å². The highest BCUT2D eigenvalue weighted by Crippen LogP contribution is 2.21. The van der Waals surface area contributed by atoms with Crippen molar-refractivity contribution in [2.75, 3.05) is 13.1 Å². The number of amides is 2. The second-order valence-electron chi connectivity index (χ2n) is 6.06. The maximum absolute atomic E-state index is 12.9. The first-order chi connectivity index (χ1) is 11.5. The third-order valence-corrected chi connectivity index (χ3v) is 4.38. The lowest BCUT2D eigenvalue weighted by atomic mass is 10.1. The molecule has 2 aromatic rings. The van der Waals surface area contributed by atoms with Crippen LogP contribution in [0.1, 0.15) is 30.3 Å². The quantitative estimate of drug-likeness (QED) is 0.895. The fourth-order valence-electron chi connectivity index (χ4n) is 3.08. The Balaban J connectivity index is 2.05. The minimum atomic E-state index is -0.390. The van der Waals surface area contributed by atoms with Gasteiger partial charge in [-0.1, -0.05) is 25.1 Å². The molecule has 2 N–H and O–H groups in total. The van der Waals surface area contributed by atoms with Gasteiger partial charge in [0.25, 0.3) is 11.5 Å². The molecule has 0 radical (unpaired) electrons. The summed E-state index contributed by atoms with van der Waals surface area (Å²) in [6, 6.07) is 6.99. The van der Waals surface area contributed by atoms with Gasteiger partial charge >= 0.3 is 0 Å². The van der Waals surface area contributed by atoms with E-state index in [0.29, 0.717) is 36.8 Å². The van der Waals surface area contributed by atoms with E-state index in [-0.39, 0.29) is 29.0 Å². The van der Waals surface area contributed by atoms with E-state index >= 15 is 0 Å². The molecule has 0 unspecified atom stereocenters. The molecule has 0 bridgehead atoms. The second kappa shape index (κ2) is 6.43. The van der Waals surface area contributed by atoms with Gasteiger partial charge in [0.15, 0.2) is 5.69 Å². The van der Waals surface area contributed by atoms with Crippen LogP contribution in [0.5, 0.6) is 0 Å². The summed E-state index contributed by atoms with van der Waals surface area (Å²) in [5.74, 6) is -0.972. The number of hydrogen-bond acceptors (Lipinski definition) is 4. The normalized spacial score (nSPS) is 17.4. The maximum atomic E-state index is 12.9. The number of nitrogens with zero attached hydrogens (tertiary/aromatic N) is 3. The lowest BCUT2D eigenvalue weighted by molar-refractivity contribution is -0.121. The van der Waals surface area contributed by atoms with Crippen LogP contribution in [0.4, 0.5) is 0 Å².